The number of methoxy groups -OCH3 is 1. The van der Waals surface area contributed by atoms with Crippen molar-refractivity contribution in [3.05, 3.63) is 83.8 Å². The van der Waals surface area contributed by atoms with Crippen LogP contribution in [0.25, 0.3) is 21.7 Å². The lowest BCUT2D eigenvalue weighted by Gasteiger charge is -2.27. The van der Waals surface area contributed by atoms with Crippen LogP contribution in [0, 0.1) is 11.7 Å². The van der Waals surface area contributed by atoms with E-state index in [0.29, 0.717) is 48.7 Å². The molecule has 0 atom stereocenters. The van der Waals surface area contributed by atoms with Crippen molar-refractivity contribution >= 4 is 33.6 Å². The van der Waals surface area contributed by atoms with Crippen LogP contribution >= 0.6 is 0 Å². The highest BCUT2D eigenvalue weighted by atomic mass is 19.1. The molecule has 4 aromatic rings. The maximum atomic E-state index is 14.6. The maximum Gasteiger partial charge on any atom is 0.308 e. The second-order valence-electron chi connectivity index (χ2n) is 9.03. The molecule has 1 amide bonds. The number of esters is 1. The molecule has 1 heterocycles. The Morgan fingerprint density at radius 3 is 2.53 bits per heavy atom. The van der Waals surface area contributed by atoms with E-state index in [1.165, 1.54) is 13.2 Å². The van der Waals surface area contributed by atoms with Crippen molar-refractivity contribution in [2.75, 3.05) is 7.11 Å². The third-order valence-electron chi connectivity index (χ3n) is 6.88. The van der Waals surface area contributed by atoms with Gasteiger partial charge in [-0.15, -0.1) is 0 Å². The minimum Gasteiger partial charge on any atom is -0.469 e. The Morgan fingerprint density at radius 2 is 1.76 bits per heavy atom. The topological polar surface area (TPSA) is 60.3 Å². The number of benzene rings is 3. The lowest BCUT2D eigenvalue weighted by molar-refractivity contribution is -0.146. The fraction of sp³-hybridized carbons (Fsp3) is 0.286. The lowest BCUT2D eigenvalue weighted by Crippen LogP contribution is -2.39. The average molecular weight is 459 g/mol. The van der Waals surface area contributed by atoms with Crippen molar-refractivity contribution in [2.45, 2.75) is 38.3 Å². The highest BCUT2D eigenvalue weighted by molar-refractivity contribution is 6.06. The molecule has 5 nitrogen and oxygen atoms in total. The first-order chi connectivity index (χ1) is 16.5. The molecule has 6 heteroatoms. The molecule has 1 N–H and O–H groups in total. The second kappa shape index (κ2) is 9.29. The Kier molecular flexibility index (Phi) is 6.05. The molecule has 0 radical (unpaired) electrons. The number of nitrogens with zero attached hydrogens (tertiary/aromatic N) is 1. The summed E-state index contributed by atoms with van der Waals surface area (Å²) in [5.41, 5.74) is 2.12. The molecule has 0 unspecified atom stereocenters. The molecule has 1 aliphatic carbocycles. The summed E-state index contributed by atoms with van der Waals surface area (Å²) in [5.74, 6) is -0.848. The van der Waals surface area contributed by atoms with Crippen LogP contribution in [0.2, 0.25) is 0 Å². The minimum absolute atomic E-state index is 0.0163. The van der Waals surface area contributed by atoms with Crippen LogP contribution in [0.4, 0.5) is 4.39 Å². The maximum absolute atomic E-state index is 14.6. The number of rotatable bonds is 5. The first-order valence-electron chi connectivity index (χ1n) is 11.7. The van der Waals surface area contributed by atoms with Gasteiger partial charge in [-0.05, 0) is 66.3 Å². The number of carbonyl (C=O) groups excluding carboxylic acids is 2. The van der Waals surface area contributed by atoms with Gasteiger partial charge >= 0.3 is 5.97 Å². The molecule has 1 aliphatic rings. The van der Waals surface area contributed by atoms with Crippen LogP contribution in [0.1, 0.15) is 41.6 Å². The molecule has 1 aromatic heterocycles. The van der Waals surface area contributed by atoms with E-state index in [9.17, 15) is 14.0 Å². The summed E-state index contributed by atoms with van der Waals surface area (Å²) in [6, 6.07) is 19.0. The zero-order valence-electron chi connectivity index (χ0n) is 19.1. The van der Waals surface area contributed by atoms with E-state index >= 15 is 0 Å². The van der Waals surface area contributed by atoms with Gasteiger partial charge in [0.1, 0.15) is 5.82 Å². The SMILES string of the molecule is COC(=O)C1CCC(NC(=O)c2ccc(F)c3ccn(Cc4ccc5ccccc5c4)c23)CC1. The van der Waals surface area contributed by atoms with Crippen molar-refractivity contribution in [2.24, 2.45) is 5.92 Å². The number of hydrogen-bond donors (Lipinski definition) is 1. The van der Waals surface area contributed by atoms with Gasteiger partial charge in [0, 0.05) is 24.2 Å². The van der Waals surface area contributed by atoms with Gasteiger partial charge in [-0.1, -0.05) is 36.4 Å². The second-order valence-corrected chi connectivity index (χ2v) is 9.03. The highest BCUT2D eigenvalue weighted by Crippen LogP contribution is 2.28. The van der Waals surface area contributed by atoms with Crippen LogP contribution in [0.5, 0.6) is 0 Å². The van der Waals surface area contributed by atoms with Gasteiger partial charge in [-0.3, -0.25) is 9.59 Å². The molecule has 0 aliphatic heterocycles. The normalized spacial score (nSPS) is 18.2. The van der Waals surface area contributed by atoms with E-state index < -0.39 is 0 Å². The fourth-order valence-corrected chi connectivity index (χ4v) is 5.04. The predicted octanol–water partition coefficient (Wildman–Crippen LogP) is 5.44. The zero-order valence-corrected chi connectivity index (χ0v) is 19.1. The molecular formula is C28H27FN2O3. The van der Waals surface area contributed by atoms with Crippen LogP contribution in [0.3, 0.4) is 0 Å². The first kappa shape index (κ1) is 22.1. The first-order valence-corrected chi connectivity index (χ1v) is 11.7. The summed E-state index contributed by atoms with van der Waals surface area (Å²) in [6.45, 7) is 0.530. The molecule has 0 spiro atoms. The van der Waals surface area contributed by atoms with E-state index in [-0.39, 0.29) is 29.7 Å². The number of aromatic nitrogens is 1. The molecule has 34 heavy (non-hydrogen) atoms. The van der Waals surface area contributed by atoms with Crippen molar-refractivity contribution in [1.82, 2.24) is 9.88 Å². The van der Waals surface area contributed by atoms with Gasteiger partial charge in [-0.25, -0.2) is 4.39 Å². The standard InChI is InChI=1S/C28H27FN2O3/c1-34-28(33)20-8-10-22(11-9-20)30-27(32)24-12-13-25(29)23-14-15-31(26(23)24)17-18-6-7-19-4-2-3-5-21(19)16-18/h2-7,12-16,20,22H,8-11,17H2,1H3,(H,30,32). The van der Waals surface area contributed by atoms with E-state index in [2.05, 4.69) is 35.6 Å². The minimum atomic E-state index is -0.345. The van der Waals surface area contributed by atoms with Gasteiger partial charge in [0.05, 0.1) is 24.1 Å². The Morgan fingerprint density at radius 1 is 1.00 bits per heavy atom. The van der Waals surface area contributed by atoms with Gasteiger partial charge in [-0.2, -0.15) is 0 Å². The summed E-state index contributed by atoms with van der Waals surface area (Å²) in [5, 5.41) is 5.84. The Labute approximate surface area is 197 Å². The van der Waals surface area contributed by atoms with E-state index in [0.717, 1.165) is 16.3 Å². The van der Waals surface area contributed by atoms with Crippen LogP contribution in [0.15, 0.2) is 66.9 Å². The van der Waals surface area contributed by atoms with Gasteiger partial charge < -0.3 is 14.6 Å². The van der Waals surface area contributed by atoms with Crippen molar-refractivity contribution in [3.8, 4) is 0 Å². The number of amides is 1. The summed E-state index contributed by atoms with van der Waals surface area (Å²) in [6.07, 6.45) is 4.65. The van der Waals surface area contributed by atoms with Gasteiger partial charge in [0.15, 0.2) is 0 Å². The van der Waals surface area contributed by atoms with Crippen LogP contribution < -0.4 is 5.32 Å². The molecule has 0 bridgehead atoms. The summed E-state index contributed by atoms with van der Waals surface area (Å²) >= 11 is 0. The molecule has 1 saturated carbocycles. The van der Waals surface area contributed by atoms with Gasteiger partial charge in [0.25, 0.3) is 5.91 Å². The Balaban J connectivity index is 1.39. The van der Waals surface area contributed by atoms with Crippen LogP contribution in [-0.2, 0) is 16.1 Å². The molecule has 1 fully saturated rings. The fourth-order valence-electron chi connectivity index (χ4n) is 5.04. The summed E-state index contributed by atoms with van der Waals surface area (Å²) < 4.78 is 21.4. The lowest BCUT2D eigenvalue weighted by atomic mass is 9.86. The number of hydrogen-bond acceptors (Lipinski definition) is 3. The Bertz CT molecular complexity index is 1370. The molecular weight excluding hydrogens is 431 g/mol. The van der Waals surface area contributed by atoms with Crippen LogP contribution in [-0.4, -0.2) is 29.6 Å². The smallest absolute Gasteiger partial charge is 0.308 e. The van der Waals surface area contributed by atoms with E-state index in [4.69, 9.17) is 4.74 Å². The zero-order chi connectivity index (χ0) is 23.7. The third kappa shape index (κ3) is 4.28. The number of carbonyl (C=O) groups is 2. The van der Waals surface area contributed by atoms with Crippen molar-refractivity contribution in [1.29, 1.82) is 0 Å². The number of fused-ring (bicyclic) bond motifs is 2. The number of halogens is 1. The molecule has 3 aromatic carbocycles. The number of nitrogens with one attached hydrogen (secondary N) is 1. The molecule has 174 valence electrons. The summed E-state index contributed by atoms with van der Waals surface area (Å²) in [7, 11) is 1.41. The van der Waals surface area contributed by atoms with E-state index in [1.54, 1.807) is 12.1 Å². The predicted molar refractivity (Wildman–Crippen MR) is 130 cm³/mol. The molecule has 0 saturated heterocycles. The highest BCUT2D eigenvalue weighted by Gasteiger charge is 2.28. The van der Waals surface area contributed by atoms with Gasteiger partial charge in [0.2, 0.25) is 0 Å². The Hall–Kier alpha value is -3.67. The largest absolute Gasteiger partial charge is 0.469 e. The van der Waals surface area contributed by atoms with E-state index in [1.807, 2.05) is 22.9 Å². The average Bonchev–Trinajstić information content (AvgIpc) is 3.28. The van der Waals surface area contributed by atoms with Crippen molar-refractivity contribution in [3.63, 3.8) is 0 Å². The molecule has 5 rings (SSSR count). The quantitative estimate of drug-likeness (QED) is 0.405. The summed E-state index contributed by atoms with van der Waals surface area (Å²) in [4.78, 5) is 25.0. The number of ether oxygens (including phenoxy) is 1. The van der Waals surface area contributed by atoms with Crippen molar-refractivity contribution < 1.29 is 18.7 Å². The monoisotopic (exact) mass is 458 g/mol. The third-order valence-corrected chi connectivity index (χ3v) is 6.88.